The highest BCUT2D eigenvalue weighted by molar-refractivity contribution is 9.10. The molecule has 0 spiro atoms. The van der Waals surface area contributed by atoms with E-state index < -0.39 is 0 Å². The molecule has 10 heteroatoms. The second-order valence-electron chi connectivity index (χ2n) is 11.1. The standard InChI is InChI=1S/C16H17N3O2.C15H17BrN2O2.2CH4/c1-9(2)21-16(20)18-11-7-13-12-6-10(17-3)4-5-14(12)19-15(13)8-11;1-8(2)20-15(19)17-10-6-12-11-5-9(16)3-4-13(11)18-14(12)7-10;;/h4-6,9,11,19H,7-8H2,1-2H3,(H,18,20);3-5,8,10,18H,6-7H2,1-2H3,(H,17,19);2*1H4/t11-;10-;;/m00../s1. The Morgan fingerprint density at radius 2 is 1.28 bits per heavy atom. The minimum absolute atomic E-state index is 0. The van der Waals surface area contributed by atoms with Crippen LogP contribution in [-0.4, -0.2) is 46.4 Å². The predicted octanol–water partition coefficient (Wildman–Crippen LogP) is 8.12. The van der Waals surface area contributed by atoms with Gasteiger partial charge >= 0.3 is 12.2 Å². The van der Waals surface area contributed by atoms with Crippen LogP contribution in [0.3, 0.4) is 0 Å². The highest BCUT2D eigenvalue weighted by Gasteiger charge is 2.28. The molecule has 0 saturated heterocycles. The van der Waals surface area contributed by atoms with Gasteiger partial charge in [-0.25, -0.2) is 14.4 Å². The predicted molar refractivity (Wildman–Crippen MR) is 176 cm³/mol. The molecule has 0 unspecified atom stereocenters. The number of halogens is 1. The largest absolute Gasteiger partial charge is 0.447 e. The van der Waals surface area contributed by atoms with Crippen molar-refractivity contribution in [1.29, 1.82) is 0 Å². The molecule has 4 N–H and O–H groups in total. The van der Waals surface area contributed by atoms with Crippen molar-refractivity contribution >= 4 is 55.6 Å². The molecule has 2 amide bonds. The Morgan fingerprint density at radius 1 is 0.814 bits per heavy atom. The Bertz CT molecular complexity index is 1650. The maximum Gasteiger partial charge on any atom is 0.407 e. The summed E-state index contributed by atoms with van der Waals surface area (Å²) in [6.45, 7) is 14.5. The smallest absolute Gasteiger partial charge is 0.407 e. The van der Waals surface area contributed by atoms with Gasteiger partial charge in [0.2, 0.25) is 0 Å². The SMILES string of the molecule is C.C.CC(C)OC(=O)N[C@@H]1Cc2[nH]c3ccc(Br)cc3c2C1.[C-]#[N+]c1ccc2[nH]c3c(c2c1)C[C@H](NC(=O)OC(C)C)C3. The molecule has 9 nitrogen and oxygen atoms in total. The third-order valence-electron chi connectivity index (χ3n) is 7.20. The summed E-state index contributed by atoms with van der Waals surface area (Å²) in [6.07, 6.45) is 2.30. The fraction of sp³-hybridized carbons (Fsp3) is 0.424. The Kier molecular flexibility index (Phi) is 10.9. The summed E-state index contributed by atoms with van der Waals surface area (Å²) in [5, 5.41) is 8.14. The van der Waals surface area contributed by atoms with Gasteiger partial charge in [-0.3, -0.25) is 0 Å². The summed E-state index contributed by atoms with van der Waals surface area (Å²) < 4.78 is 11.3. The van der Waals surface area contributed by atoms with Gasteiger partial charge in [-0.2, -0.15) is 0 Å². The first-order valence-corrected chi connectivity index (χ1v) is 14.6. The Hall–Kier alpha value is -3.97. The van der Waals surface area contributed by atoms with Gasteiger partial charge < -0.3 is 30.1 Å². The number of H-pyrrole nitrogens is 2. The van der Waals surface area contributed by atoms with Crippen molar-refractivity contribution in [1.82, 2.24) is 20.6 Å². The van der Waals surface area contributed by atoms with E-state index in [1.54, 1.807) is 0 Å². The van der Waals surface area contributed by atoms with E-state index in [-0.39, 0.29) is 51.3 Å². The lowest BCUT2D eigenvalue weighted by atomic mass is 10.1. The number of alkyl carbamates (subject to hydrolysis) is 2. The van der Waals surface area contributed by atoms with E-state index in [1.807, 2.05) is 52.0 Å². The van der Waals surface area contributed by atoms with Crippen LogP contribution in [0, 0.1) is 6.57 Å². The summed E-state index contributed by atoms with van der Waals surface area (Å²) in [5.74, 6) is 0. The number of nitrogens with zero attached hydrogens (tertiary/aromatic N) is 1. The van der Waals surface area contributed by atoms with Crippen LogP contribution in [0.5, 0.6) is 0 Å². The highest BCUT2D eigenvalue weighted by atomic mass is 79.9. The van der Waals surface area contributed by atoms with Crippen LogP contribution in [0.25, 0.3) is 26.7 Å². The van der Waals surface area contributed by atoms with Gasteiger partial charge in [0, 0.05) is 57.2 Å². The number of fused-ring (bicyclic) bond motifs is 6. The van der Waals surface area contributed by atoms with Crippen molar-refractivity contribution in [3.63, 3.8) is 0 Å². The summed E-state index contributed by atoms with van der Waals surface area (Å²) in [5.41, 5.74) is 7.70. The molecule has 2 atom stereocenters. The molecule has 0 fully saturated rings. The van der Waals surface area contributed by atoms with E-state index in [9.17, 15) is 9.59 Å². The number of ether oxygens (including phenoxy) is 2. The molecule has 2 heterocycles. The van der Waals surface area contributed by atoms with Crippen molar-refractivity contribution < 1.29 is 19.1 Å². The molecule has 2 aromatic carbocycles. The average molecular weight is 653 g/mol. The molecule has 6 rings (SSSR count). The Labute approximate surface area is 262 Å². The van der Waals surface area contributed by atoms with Crippen LogP contribution in [0.2, 0.25) is 0 Å². The monoisotopic (exact) mass is 651 g/mol. The Balaban J connectivity index is 0.000000225. The maximum absolute atomic E-state index is 11.7. The summed E-state index contributed by atoms with van der Waals surface area (Å²) in [7, 11) is 0. The number of aromatic nitrogens is 2. The van der Waals surface area contributed by atoms with Gasteiger partial charge in [0.15, 0.2) is 5.69 Å². The zero-order valence-corrected chi connectivity index (χ0v) is 25.1. The van der Waals surface area contributed by atoms with E-state index in [1.165, 1.54) is 22.2 Å². The summed E-state index contributed by atoms with van der Waals surface area (Å²) in [6, 6.07) is 12.1. The fourth-order valence-corrected chi connectivity index (χ4v) is 5.98. The fourth-order valence-electron chi connectivity index (χ4n) is 5.62. The van der Waals surface area contributed by atoms with Crippen molar-refractivity contribution in [3.8, 4) is 0 Å². The molecule has 2 aromatic heterocycles. The molecular formula is C33H42BrN5O4. The minimum Gasteiger partial charge on any atom is -0.447 e. The highest BCUT2D eigenvalue weighted by Crippen LogP contribution is 2.33. The molecule has 230 valence electrons. The number of carbonyl (C=O) groups is 2. The van der Waals surface area contributed by atoms with Crippen LogP contribution in [-0.2, 0) is 35.2 Å². The zero-order chi connectivity index (χ0) is 29.3. The summed E-state index contributed by atoms with van der Waals surface area (Å²) >= 11 is 3.50. The van der Waals surface area contributed by atoms with Crippen LogP contribution in [0.4, 0.5) is 15.3 Å². The van der Waals surface area contributed by atoms with Crippen LogP contribution in [0.1, 0.15) is 65.1 Å². The molecule has 0 saturated carbocycles. The van der Waals surface area contributed by atoms with Crippen molar-refractivity contribution in [2.24, 2.45) is 0 Å². The molecule has 43 heavy (non-hydrogen) atoms. The normalized spacial score (nSPS) is 16.3. The van der Waals surface area contributed by atoms with Crippen molar-refractivity contribution in [3.05, 3.63) is 74.8 Å². The number of hydrogen-bond acceptors (Lipinski definition) is 4. The van der Waals surface area contributed by atoms with E-state index in [0.717, 1.165) is 52.3 Å². The van der Waals surface area contributed by atoms with Crippen molar-refractivity contribution in [2.45, 2.75) is 92.5 Å². The van der Waals surface area contributed by atoms with E-state index in [4.69, 9.17) is 16.0 Å². The third-order valence-corrected chi connectivity index (χ3v) is 7.69. The van der Waals surface area contributed by atoms with Crippen LogP contribution >= 0.6 is 15.9 Å². The number of nitrogens with one attached hydrogen (secondary N) is 4. The number of hydrogen-bond donors (Lipinski definition) is 4. The molecule has 0 radical (unpaired) electrons. The van der Waals surface area contributed by atoms with E-state index in [0.29, 0.717) is 5.69 Å². The molecule has 0 aliphatic heterocycles. The first-order valence-electron chi connectivity index (χ1n) is 13.8. The molecule has 2 aliphatic rings. The van der Waals surface area contributed by atoms with E-state index in [2.05, 4.69) is 53.5 Å². The van der Waals surface area contributed by atoms with Gasteiger partial charge in [-0.1, -0.05) is 36.8 Å². The Morgan fingerprint density at radius 3 is 1.74 bits per heavy atom. The number of carbonyl (C=O) groups excluding carboxylic acids is 2. The van der Waals surface area contributed by atoms with Crippen LogP contribution in [0.15, 0.2) is 40.9 Å². The molecule has 2 aliphatic carbocycles. The topological polar surface area (TPSA) is 113 Å². The zero-order valence-electron chi connectivity index (χ0n) is 23.6. The maximum atomic E-state index is 11.7. The second-order valence-corrected chi connectivity index (χ2v) is 12.0. The minimum atomic E-state index is -0.369. The van der Waals surface area contributed by atoms with Crippen LogP contribution < -0.4 is 10.6 Å². The van der Waals surface area contributed by atoms with Gasteiger partial charge in [0.25, 0.3) is 0 Å². The number of benzene rings is 2. The second kappa shape index (κ2) is 14.0. The number of rotatable bonds is 4. The average Bonchev–Trinajstić information content (AvgIpc) is 3.62. The van der Waals surface area contributed by atoms with Gasteiger partial charge in [0.05, 0.1) is 18.8 Å². The first-order chi connectivity index (χ1) is 19.6. The first kappa shape index (κ1) is 33.5. The number of aromatic amines is 2. The van der Waals surface area contributed by atoms with Gasteiger partial charge in [-0.05, 0) is 87.4 Å². The third kappa shape index (κ3) is 7.71. The molecule has 0 bridgehead atoms. The number of amides is 2. The molecular weight excluding hydrogens is 610 g/mol. The lowest BCUT2D eigenvalue weighted by Gasteiger charge is -2.14. The quantitative estimate of drug-likeness (QED) is 0.167. The van der Waals surface area contributed by atoms with Crippen molar-refractivity contribution in [2.75, 3.05) is 0 Å². The summed E-state index contributed by atoms with van der Waals surface area (Å²) in [4.78, 5) is 33.6. The van der Waals surface area contributed by atoms with Gasteiger partial charge in [-0.15, -0.1) is 0 Å². The molecule has 4 aromatic rings. The lowest BCUT2D eigenvalue weighted by molar-refractivity contribution is 0.111. The van der Waals surface area contributed by atoms with Gasteiger partial charge in [0.1, 0.15) is 0 Å². The van der Waals surface area contributed by atoms with E-state index >= 15 is 0 Å². The lowest BCUT2D eigenvalue weighted by Crippen LogP contribution is -2.37.